The Bertz CT molecular complexity index is 3180. The van der Waals surface area contributed by atoms with Gasteiger partial charge in [0.2, 0.25) is 0 Å². The number of pyridine rings is 1. The highest BCUT2D eigenvalue weighted by Crippen LogP contribution is 2.48. The van der Waals surface area contributed by atoms with Crippen molar-refractivity contribution < 1.29 is 4.74 Å². The molecule has 67 heavy (non-hydrogen) atoms. The number of rotatable bonds is 11. The van der Waals surface area contributed by atoms with Crippen LogP contribution in [0.3, 0.4) is 0 Å². The summed E-state index contributed by atoms with van der Waals surface area (Å²) in [6.07, 6.45) is 2.94. The van der Waals surface area contributed by atoms with Crippen molar-refractivity contribution in [3.63, 3.8) is 0 Å². The van der Waals surface area contributed by atoms with Crippen LogP contribution in [-0.4, -0.2) is 16.2 Å². The van der Waals surface area contributed by atoms with Crippen LogP contribution in [0.2, 0.25) is 0 Å². The van der Waals surface area contributed by atoms with E-state index in [4.69, 9.17) is 9.72 Å². The van der Waals surface area contributed by atoms with Crippen molar-refractivity contribution in [3.05, 3.63) is 216 Å². The van der Waals surface area contributed by atoms with Gasteiger partial charge in [-0.1, -0.05) is 159 Å². The van der Waals surface area contributed by atoms with Gasteiger partial charge in [-0.3, -0.25) is 4.57 Å². The molecule has 0 saturated heterocycles. The molecule has 3 heterocycles. The first-order chi connectivity index (χ1) is 32.1. The van der Waals surface area contributed by atoms with Crippen LogP contribution >= 0.6 is 0 Å². The van der Waals surface area contributed by atoms with Crippen LogP contribution in [0.4, 0.5) is 22.7 Å². The number of nitrogens with zero attached hydrogens (tertiary/aromatic N) is 4. The van der Waals surface area contributed by atoms with E-state index in [0.717, 1.165) is 46.1 Å². The molecule has 10 rings (SSSR count). The summed E-state index contributed by atoms with van der Waals surface area (Å²) < 4.78 is 9.29. The lowest BCUT2D eigenvalue weighted by Gasteiger charge is -2.33. The molecule has 2 aromatic heterocycles. The van der Waals surface area contributed by atoms with Crippen LogP contribution in [0, 0.1) is 5.92 Å². The number of para-hydroxylation sites is 3. The van der Waals surface area contributed by atoms with Gasteiger partial charge in [0.25, 0.3) is 0 Å². The fourth-order valence-corrected chi connectivity index (χ4v) is 10.00. The quantitative estimate of drug-likeness (QED) is 0.130. The summed E-state index contributed by atoms with van der Waals surface area (Å²) in [4.78, 5) is 9.86. The topological polar surface area (TPSA) is 33.5 Å². The van der Waals surface area contributed by atoms with Crippen molar-refractivity contribution in [2.24, 2.45) is 5.92 Å². The van der Waals surface area contributed by atoms with Crippen LogP contribution in [0.5, 0.6) is 11.5 Å². The predicted octanol–water partition coefficient (Wildman–Crippen LogP) is 16.4. The molecule has 1 aliphatic heterocycles. The van der Waals surface area contributed by atoms with Gasteiger partial charge in [-0.25, -0.2) is 4.98 Å². The smallest absolute Gasteiger partial charge is 0.137 e. The number of hydrogen-bond donors (Lipinski definition) is 0. The lowest BCUT2D eigenvalue weighted by molar-refractivity contribution is 0.479. The van der Waals surface area contributed by atoms with Gasteiger partial charge < -0.3 is 14.5 Å². The van der Waals surface area contributed by atoms with E-state index in [0.29, 0.717) is 12.6 Å². The molecule has 0 bridgehead atoms. The molecule has 0 N–H and O–H groups in total. The zero-order valence-corrected chi connectivity index (χ0v) is 40.5. The van der Waals surface area contributed by atoms with E-state index in [1.807, 2.05) is 6.20 Å². The van der Waals surface area contributed by atoms with E-state index in [9.17, 15) is 0 Å². The van der Waals surface area contributed by atoms with Gasteiger partial charge in [0, 0.05) is 51.3 Å². The molecule has 5 nitrogen and oxygen atoms in total. The normalized spacial score (nSPS) is 13.2. The van der Waals surface area contributed by atoms with Crippen molar-refractivity contribution >= 4 is 44.6 Å². The molecule has 0 saturated carbocycles. The van der Waals surface area contributed by atoms with Gasteiger partial charge in [0.1, 0.15) is 24.0 Å². The zero-order valence-electron chi connectivity index (χ0n) is 40.5. The summed E-state index contributed by atoms with van der Waals surface area (Å²) >= 11 is 0. The molecule has 5 heteroatoms. The summed E-state index contributed by atoms with van der Waals surface area (Å²) in [5, 5.41) is 2.36. The van der Waals surface area contributed by atoms with E-state index in [1.54, 1.807) is 0 Å². The Hall–Kier alpha value is -7.11. The third kappa shape index (κ3) is 8.26. The first-order valence-electron chi connectivity index (χ1n) is 23.9. The third-order valence-corrected chi connectivity index (χ3v) is 14.0. The molecule has 7 aromatic carbocycles. The van der Waals surface area contributed by atoms with E-state index in [-0.39, 0.29) is 16.2 Å². The summed E-state index contributed by atoms with van der Waals surface area (Å²) in [6.45, 7) is 21.4. The number of hydrogen-bond acceptors (Lipinski definition) is 4. The molecule has 1 aliphatic rings. The summed E-state index contributed by atoms with van der Waals surface area (Å²) in [5.74, 6) is 3.05. The maximum absolute atomic E-state index is 7.00. The number of benzene rings is 7. The Kier molecular flexibility index (Phi) is 11.1. The second-order valence-corrected chi connectivity index (χ2v) is 21.0. The molecule has 0 amide bonds. The minimum absolute atomic E-state index is 0.134. The second-order valence-electron chi connectivity index (χ2n) is 21.0. The fraction of sp³-hybridized carbons (Fsp3) is 0.242. The zero-order chi connectivity index (χ0) is 46.7. The lowest BCUT2D eigenvalue weighted by atomic mass is 9.73. The molecule has 9 aromatic rings. The van der Waals surface area contributed by atoms with Crippen molar-refractivity contribution in [2.75, 3.05) is 16.5 Å². The Morgan fingerprint density at radius 3 is 1.66 bits per heavy atom. The number of fused-ring (bicyclic) bond motifs is 4. The van der Waals surface area contributed by atoms with Gasteiger partial charge in [-0.05, 0) is 118 Å². The monoisotopic (exact) mass is 878 g/mol. The second kappa shape index (κ2) is 17.0. The lowest BCUT2D eigenvalue weighted by Crippen LogP contribution is -2.27. The van der Waals surface area contributed by atoms with Gasteiger partial charge >= 0.3 is 0 Å². The SMILES string of the molecule is CC(C)Cc1ccnc(-n2c3ccccc3c3ccc(Oc4cc(N5CN(c6cc(C(C)(C)c7ccccc7)cc(C(C)(C)c7ccccc7)c6)c6ccccc65)cc(C(C)(C)C)c4)cc32)c1. The summed E-state index contributed by atoms with van der Waals surface area (Å²) in [7, 11) is 0. The summed E-state index contributed by atoms with van der Waals surface area (Å²) in [6, 6.07) is 64.2. The third-order valence-electron chi connectivity index (χ3n) is 14.0. The van der Waals surface area contributed by atoms with Crippen LogP contribution < -0.4 is 14.5 Å². The molecular formula is C62H62N4O. The fourth-order valence-electron chi connectivity index (χ4n) is 10.00. The maximum Gasteiger partial charge on any atom is 0.137 e. The molecule has 0 aliphatic carbocycles. The van der Waals surface area contributed by atoms with Crippen molar-refractivity contribution in [3.8, 4) is 17.3 Å². The van der Waals surface area contributed by atoms with Gasteiger partial charge in [-0.2, -0.15) is 0 Å². The minimum atomic E-state index is -0.239. The van der Waals surface area contributed by atoms with E-state index < -0.39 is 0 Å². The summed E-state index contributed by atoms with van der Waals surface area (Å²) in [5.41, 5.74) is 13.8. The first-order valence-corrected chi connectivity index (χ1v) is 23.9. The molecule has 336 valence electrons. The Morgan fingerprint density at radius 1 is 0.493 bits per heavy atom. The largest absolute Gasteiger partial charge is 0.457 e. The standard InChI is InChI=1S/C62H62N4O/c1-42(2)32-43-30-31-63-59(33-43)66-55-25-17-16-24-53(55)54-29-28-51(40-58(54)66)67-52-38-46(60(3,4)5)35-50(39-52)65-41-64(56-26-18-19-27-57(56)65)49-36-47(61(6,7)44-20-12-10-13-21-44)34-48(37-49)62(8,9)45-22-14-11-15-23-45/h10-31,33-40,42H,32,41H2,1-9H3. The average molecular weight is 879 g/mol. The number of aromatic nitrogens is 2. The molecule has 0 atom stereocenters. The maximum atomic E-state index is 7.00. The number of ether oxygens (including phenoxy) is 1. The minimum Gasteiger partial charge on any atom is -0.457 e. The van der Waals surface area contributed by atoms with Crippen molar-refractivity contribution in [1.82, 2.24) is 9.55 Å². The van der Waals surface area contributed by atoms with Crippen LogP contribution in [0.15, 0.2) is 182 Å². The van der Waals surface area contributed by atoms with E-state index in [1.165, 1.54) is 55.5 Å². The van der Waals surface area contributed by atoms with Crippen molar-refractivity contribution in [2.45, 2.75) is 85.0 Å². The first kappa shape index (κ1) is 43.8. The Labute approximate surface area is 397 Å². The van der Waals surface area contributed by atoms with Crippen LogP contribution in [-0.2, 0) is 22.7 Å². The highest BCUT2D eigenvalue weighted by molar-refractivity contribution is 6.09. The highest BCUT2D eigenvalue weighted by Gasteiger charge is 2.34. The molecular weight excluding hydrogens is 817 g/mol. The van der Waals surface area contributed by atoms with E-state index >= 15 is 0 Å². The van der Waals surface area contributed by atoms with E-state index in [2.05, 4.69) is 253 Å². The van der Waals surface area contributed by atoms with Crippen LogP contribution in [0.1, 0.15) is 95.7 Å². The Balaban J connectivity index is 1.06. The molecule has 0 fully saturated rings. The number of anilines is 4. The van der Waals surface area contributed by atoms with Gasteiger partial charge in [-0.15, -0.1) is 0 Å². The van der Waals surface area contributed by atoms with Crippen LogP contribution in [0.25, 0.3) is 27.6 Å². The predicted molar refractivity (Wildman–Crippen MR) is 282 cm³/mol. The Morgan fingerprint density at radius 2 is 1.04 bits per heavy atom. The molecule has 0 unspecified atom stereocenters. The molecule has 0 radical (unpaired) electrons. The van der Waals surface area contributed by atoms with Gasteiger partial charge in [0.15, 0.2) is 0 Å². The average Bonchev–Trinajstić information content (AvgIpc) is 3.88. The highest BCUT2D eigenvalue weighted by atomic mass is 16.5. The molecule has 0 spiro atoms. The van der Waals surface area contributed by atoms with Gasteiger partial charge in [0.05, 0.1) is 22.4 Å². The van der Waals surface area contributed by atoms with Crippen molar-refractivity contribution in [1.29, 1.82) is 0 Å².